The number of hydrogen-bond donors (Lipinski definition) is 0. The maximum atomic E-state index is 5.24. The van der Waals surface area contributed by atoms with Crippen molar-refractivity contribution >= 4 is 22.7 Å². The predicted octanol–water partition coefficient (Wildman–Crippen LogP) is 4.54. The summed E-state index contributed by atoms with van der Waals surface area (Å²) in [5, 5.41) is 2.17. The summed E-state index contributed by atoms with van der Waals surface area (Å²) in [6, 6.07) is 20.6. The van der Waals surface area contributed by atoms with E-state index in [1.54, 1.807) is 18.9 Å². The van der Waals surface area contributed by atoms with Crippen LogP contribution in [0.15, 0.2) is 65.7 Å². The Bertz CT molecular complexity index is 713. The molecule has 0 N–H and O–H groups in total. The van der Waals surface area contributed by atoms with Crippen LogP contribution in [0.3, 0.4) is 0 Å². The van der Waals surface area contributed by atoms with Crippen LogP contribution in [0.1, 0.15) is 5.56 Å². The summed E-state index contributed by atoms with van der Waals surface area (Å²) in [6.07, 6.45) is 0. The number of nitrogens with zero attached hydrogens (tertiary/aromatic N) is 1. The Kier molecular flexibility index (Phi) is 3.88. The first-order valence-electron chi connectivity index (χ1n) is 6.47. The van der Waals surface area contributed by atoms with Crippen LogP contribution < -0.4 is 4.74 Å². The van der Waals surface area contributed by atoms with E-state index in [1.165, 1.54) is 5.56 Å². The van der Waals surface area contributed by atoms with E-state index in [9.17, 15) is 0 Å². The molecule has 2 aromatic carbocycles. The molecular formula is C17H15NOS. The molecule has 0 aliphatic heterocycles. The average molecular weight is 281 g/mol. The third-order valence-corrected chi connectivity index (χ3v) is 4.10. The number of hydrogen-bond acceptors (Lipinski definition) is 3. The number of methoxy groups -OCH3 is 1. The fourth-order valence-electron chi connectivity index (χ4n) is 2.02. The van der Waals surface area contributed by atoms with Gasteiger partial charge in [0.1, 0.15) is 5.75 Å². The molecule has 20 heavy (non-hydrogen) atoms. The van der Waals surface area contributed by atoms with Gasteiger partial charge in [-0.05, 0) is 23.8 Å². The number of benzene rings is 2. The Labute approximate surface area is 122 Å². The second-order valence-corrected chi connectivity index (χ2v) is 5.48. The molecule has 3 heteroatoms. The molecule has 0 unspecified atom stereocenters. The maximum absolute atomic E-state index is 5.24. The number of ether oxygens (including phenoxy) is 1. The Morgan fingerprint density at radius 3 is 2.60 bits per heavy atom. The highest BCUT2D eigenvalue weighted by atomic mass is 32.2. The van der Waals surface area contributed by atoms with E-state index in [-0.39, 0.29) is 0 Å². The van der Waals surface area contributed by atoms with Crippen molar-refractivity contribution in [2.45, 2.75) is 10.8 Å². The minimum absolute atomic E-state index is 0.843. The minimum atomic E-state index is 0.843. The lowest BCUT2D eigenvalue weighted by atomic mass is 10.2. The molecular weight excluding hydrogens is 266 g/mol. The highest BCUT2D eigenvalue weighted by molar-refractivity contribution is 7.98. The van der Waals surface area contributed by atoms with E-state index in [0.717, 1.165) is 27.4 Å². The number of thioether (sulfide) groups is 1. The smallest absolute Gasteiger partial charge is 0.121 e. The van der Waals surface area contributed by atoms with Gasteiger partial charge in [0.2, 0.25) is 0 Å². The zero-order chi connectivity index (χ0) is 13.8. The molecule has 0 saturated heterocycles. The molecule has 0 aliphatic rings. The van der Waals surface area contributed by atoms with Gasteiger partial charge in [0.15, 0.2) is 0 Å². The van der Waals surface area contributed by atoms with Crippen LogP contribution >= 0.6 is 11.8 Å². The highest BCUT2D eigenvalue weighted by Crippen LogP contribution is 2.25. The predicted molar refractivity (Wildman–Crippen MR) is 84.3 cm³/mol. The molecule has 0 aliphatic carbocycles. The van der Waals surface area contributed by atoms with Crippen LogP contribution in [0, 0.1) is 0 Å². The van der Waals surface area contributed by atoms with E-state index in [4.69, 9.17) is 4.74 Å². The summed E-state index contributed by atoms with van der Waals surface area (Å²) in [7, 11) is 1.68. The van der Waals surface area contributed by atoms with Gasteiger partial charge in [0, 0.05) is 17.2 Å². The topological polar surface area (TPSA) is 22.1 Å². The first-order chi connectivity index (χ1) is 9.85. The van der Waals surface area contributed by atoms with Crippen molar-refractivity contribution < 1.29 is 4.74 Å². The van der Waals surface area contributed by atoms with Crippen LogP contribution in [0.2, 0.25) is 0 Å². The van der Waals surface area contributed by atoms with Crippen LogP contribution in [0.4, 0.5) is 0 Å². The molecule has 0 fully saturated rings. The molecule has 0 amide bonds. The Balaban J connectivity index is 1.81. The molecule has 3 aromatic rings. The van der Waals surface area contributed by atoms with Crippen LogP contribution in [0.5, 0.6) is 5.75 Å². The van der Waals surface area contributed by atoms with Crippen LogP contribution in [-0.2, 0) is 5.75 Å². The van der Waals surface area contributed by atoms with Gasteiger partial charge in [-0.25, -0.2) is 4.98 Å². The van der Waals surface area contributed by atoms with Crippen molar-refractivity contribution in [2.75, 3.05) is 7.11 Å². The zero-order valence-electron chi connectivity index (χ0n) is 11.2. The van der Waals surface area contributed by atoms with E-state index < -0.39 is 0 Å². The van der Waals surface area contributed by atoms with Crippen molar-refractivity contribution in [3.63, 3.8) is 0 Å². The van der Waals surface area contributed by atoms with E-state index in [2.05, 4.69) is 41.4 Å². The standard InChI is InChI=1S/C17H15NOS/c1-19-15-9-7-14-8-10-17(18-16(14)11-15)20-12-13-5-3-2-4-6-13/h2-11H,12H2,1H3. The van der Waals surface area contributed by atoms with Gasteiger partial charge in [-0.3, -0.25) is 0 Å². The molecule has 1 aromatic heterocycles. The third-order valence-electron chi connectivity index (χ3n) is 3.10. The number of aromatic nitrogens is 1. The minimum Gasteiger partial charge on any atom is -0.497 e. The van der Waals surface area contributed by atoms with E-state index in [0.29, 0.717) is 0 Å². The SMILES string of the molecule is COc1ccc2ccc(SCc3ccccc3)nc2c1. The summed E-state index contributed by atoms with van der Waals surface area (Å²) in [6.45, 7) is 0. The lowest BCUT2D eigenvalue weighted by Crippen LogP contribution is -1.87. The molecule has 0 bridgehead atoms. The van der Waals surface area contributed by atoms with Crippen LogP contribution in [0.25, 0.3) is 10.9 Å². The molecule has 100 valence electrons. The second kappa shape index (κ2) is 5.97. The molecule has 0 radical (unpaired) electrons. The van der Waals surface area contributed by atoms with E-state index >= 15 is 0 Å². The molecule has 0 saturated carbocycles. The van der Waals surface area contributed by atoms with Crippen molar-refractivity contribution in [3.05, 3.63) is 66.2 Å². The van der Waals surface area contributed by atoms with Crippen molar-refractivity contribution in [3.8, 4) is 5.75 Å². The van der Waals surface area contributed by atoms with Gasteiger partial charge in [-0.1, -0.05) is 36.4 Å². The summed E-state index contributed by atoms with van der Waals surface area (Å²) in [5.74, 6) is 1.78. The van der Waals surface area contributed by atoms with Crippen molar-refractivity contribution in [2.24, 2.45) is 0 Å². The maximum Gasteiger partial charge on any atom is 0.121 e. The fraction of sp³-hybridized carbons (Fsp3) is 0.118. The van der Waals surface area contributed by atoms with Crippen molar-refractivity contribution in [1.29, 1.82) is 0 Å². The Hall–Kier alpha value is -2.00. The first-order valence-corrected chi connectivity index (χ1v) is 7.45. The summed E-state index contributed by atoms with van der Waals surface area (Å²) >= 11 is 1.75. The largest absolute Gasteiger partial charge is 0.497 e. The zero-order valence-corrected chi connectivity index (χ0v) is 12.1. The quantitative estimate of drug-likeness (QED) is 0.656. The average Bonchev–Trinajstić information content (AvgIpc) is 2.53. The first kappa shape index (κ1) is 13.0. The molecule has 3 rings (SSSR count). The third kappa shape index (κ3) is 2.94. The fourth-order valence-corrected chi connectivity index (χ4v) is 2.85. The van der Waals surface area contributed by atoms with Gasteiger partial charge in [0.25, 0.3) is 0 Å². The monoisotopic (exact) mass is 281 g/mol. The van der Waals surface area contributed by atoms with Gasteiger partial charge in [-0.2, -0.15) is 0 Å². The molecule has 1 heterocycles. The number of fused-ring (bicyclic) bond motifs is 1. The molecule has 0 spiro atoms. The Morgan fingerprint density at radius 1 is 1.00 bits per heavy atom. The number of rotatable bonds is 4. The van der Waals surface area contributed by atoms with Gasteiger partial charge in [0.05, 0.1) is 17.7 Å². The normalized spacial score (nSPS) is 10.7. The van der Waals surface area contributed by atoms with Crippen LogP contribution in [-0.4, -0.2) is 12.1 Å². The lowest BCUT2D eigenvalue weighted by Gasteiger charge is -2.05. The molecule has 2 nitrogen and oxygen atoms in total. The Morgan fingerprint density at radius 2 is 1.80 bits per heavy atom. The lowest BCUT2D eigenvalue weighted by molar-refractivity contribution is 0.415. The van der Waals surface area contributed by atoms with Crippen molar-refractivity contribution in [1.82, 2.24) is 4.98 Å². The second-order valence-electron chi connectivity index (χ2n) is 4.48. The van der Waals surface area contributed by atoms with E-state index in [1.807, 2.05) is 24.3 Å². The van der Waals surface area contributed by atoms with Gasteiger partial charge in [-0.15, -0.1) is 11.8 Å². The highest BCUT2D eigenvalue weighted by Gasteiger charge is 2.02. The van der Waals surface area contributed by atoms with Gasteiger partial charge < -0.3 is 4.74 Å². The number of pyridine rings is 1. The summed E-state index contributed by atoms with van der Waals surface area (Å²) in [5.41, 5.74) is 2.28. The summed E-state index contributed by atoms with van der Waals surface area (Å²) in [4.78, 5) is 4.68. The summed E-state index contributed by atoms with van der Waals surface area (Å²) < 4.78 is 5.24. The molecule has 0 atom stereocenters. The van der Waals surface area contributed by atoms with Gasteiger partial charge >= 0.3 is 0 Å².